The highest BCUT2D eigenvalue weighted by Gasteiger charge is 2.32. The summed E-state index contributed by atoms with van der Waals surface area (Å²) in [6, 6.07) is 24.4. The van der Waals surface area contributed by atoms with Crippen LogP contribution in [-0.4, -0.2) is 34.0 Å². The van der Waals surface area contributed by atoms with Crippen LogP contribution in [0.25, 0.3) is 0 Å². The number of amides is 2. The van der Waals surface area contributed by atoms with Crippen molar-refractivity contribution >= 4 is 46.8 Å². The van der Waals surface area contributed by atoms with Crippen molar-refractivity contribution in [1.29, 1.82) is 0 Å². The number of halogens is 2. The third-order valence-corrected chi connectivity index (χ3v) is 7.19. The molecule has 0 unspecified atom stereocenters. The lowest BCUT2D eigenvalue weighted by atomic mass is 10.0. The topological polar surface area (TPSA) is 49.4 Å². The Labute approximate surface area is 228 Å². The summed E-state index contributed by atoms with van der Waals surface area (Å²) in [6.07, 6.45) is 0.705. The molecule has 0 aromatic heterocycles. The molecule has 0 saturated carbocycles. The summed E-state index contributed by atoms with van der Waals surface area (Å²) >= 11 is 14.0. The highest BCUT2D eigenvalue weighted by atomic mass is 35.5. The molecule has 0 aliphatic heterocycles. The standard InChI is InChI=1S/C29H32Cl2N2O2S/c1-29(2,3)32-28(35)26(19-21-10-6-4-7-11-21)33(20-22-14-15-24(30)25(31)18-22)27(34)16-17-36-23-12-8-5-9-13-23/h4-15,18,26H,16-17,19-20H2,1-3H3,(H,32,35)/t26-/m1/s1. The molecule has 1 atom stereocenters. The zero-order valence-corrected chi connectivity index (χ0v) is 23.2. The molecular formula is C29H32Cl2N2O2S. The first kappa shape index (κ1) is 28.1. The van der Waals surface area contributed by atoms with E-state index >= 15 is 0 Å². The molecular weight excluding hydrogens is 511 g/mol. The van der Waals surface area contributed by atoms with Crippen molar-refractivity contribution in [2.75, 3.05) is 5.75 Å². The SMILES string of the molecule is CC(C)(C)NC(=O)[C@@H](Cc1ccccc1)N(Cc1ccc(Cl)c(Cl)c1)C(=O)CCSc1ccccc1. The number of carbonyl (C=O) groups is 2. The zero-order valence-electron chi connectivity index (χ0n) is 20.8. The molecule has 0 aliphatic carbocycles. The van der Waals surface area contributed by atoms with Crippen molar-refractivity contribution in [2.45, 2.75) is 56.6 Å². The third-order valence-electron chi connectivity index (χ3n) is 5.43. The van der Waals surface area contributed by atoms with E-state index in [2.05, 4.69) is 5.32 Å². The van der Waals surface area contributed by atoms with Crippen LogP contribution in [-0.2, 0) is 22.6 Å². The van der Waals surface area contributed by atoms with E-state index in [1.807, 2.05) is 87.5 Å². The van der Waals surface area contributed by atoms with Gasteiger partial charge in [-0.1, -0.05) is 77.8 Å². The second kappa shape index (κ2) is 13.2. The maximum absolute atomic E-state index is 13.7. The minimum Gasteiger partial charge on any atom is -0.350 e. The van der Waals surface area contributed by atoms with Gasteiger partial charge in [-0.15, -0.1) is 11.8 Å². The van der Waals surface area contributed by atoms with Gasteiger partial charge in [0, 0.05) is 35.6 Å². The minimum absolute atomic E-state index is 0.0884. The number of rotatable bonds is 10. The molecule has 4 nitrogen and oxygen atoms in total. The molecule has 7 heteroatoms. The summed E-state index contributed by atoms with van der Waals surface area (Å²) in [7, 11) is 0. The van der Waals surface area contributed by atoms with E-state index < -0.39 is 11.6 Å². The van der Waals surface area contributed by atoms with Crippen molar-refractivity contribution in [2.24, 2.45) is 0 Å². The predicted molar refractivity (Wildman–Crippen MR) is 151 cm³/mol. The van der Waals surface area contributed by atoms with Crippen molar-refractivity contribution in [1.82, 2.24) is 10.2 Å². The molecule has 0 aliphatic rings. The van der Waals surface area contributed by atoms with E-state index in [1.165, 1.54) is 0 Å². The van der Waals surface area contributed by atoms with Crippen molar-refractivity contribution in [3.63, 3.8) is 0 Å². The van der Waals surface area contributed by atoms with Gasteiger partial charge in [0.2, 0.25) is 11.8 Å². The Morgan fingerprint density at radius 3 is 2.14 bits per heavy atom. The summed E-state index contributed by atoms with van der Waals surface area (Å²) in [5.41, 5.74) is 1.36. The lowest BCUT2D eigenvalue weighted by Crippen LogP contribution is -2.54. The van der Waals surface area contributed by atoms with Crippen LogP contribution in [0.3, 0.4) is 0 Å². The van der Waals surface area contributed by atoms with Gasteiger partial charge in [0.25, 0.3) is 0 Å². The number of carbonyl (C=O) groups excluding carboxylic acids is 2. The highest BCUT2D eigenvalue weighted by molar-refractivity contribution is 7.99. The van der Waals surface area contributed by atoms with Crippen LogP contribution < -0.4 is 5.32 Å². The normalized spacial score (nSPS) is 12.1. The summed E-state index contributed by atoms with van der Waals surface area (Å²) in [4.78, 5) is 30.0. The summed E-state index contributed by atoms with van der Waals surface area (Å²) in [5, 5.41) is 3.94. The molecule has 0 radical (unpaired) electrons. The third kappa shape index (κ3) is 8.88. The maximum Gasteiger partial charge on any atom is 0.243 e. The number of nitrogens with zero attached hydrogens (tertiary/aromatic N) is 1. The van der Waals surface area contributed by atoms with Crippen LogP contribution in [0.5, 0.6) is 0 Å². The van der Waals surface area contributed by atoms with Gasteiger partial charge in [-0.2, -0.15) is 0 Å². The Bertz CT molecular complexity index is 1150. The molecule has 190 valence electrons. The molecule has 0 saturated heterocycles. The molecule has 3 rings (SSSR count). The van der Waals surface area contributed by atoms with E-state index in [4.69, 9.17) is 23.2 Å². The summed E-state index contributed by atoms with van der Waals surface area (Å²) in [6.45, 7) is 6.06. The first-order chi connectivity index (χ1) is 17.1. The molecule has 0 bridgehead atoms. The number of thioether (sulfide) groups is 1. The zero-order chi connectivity index (χ0) is 26.1. The van der Waals surface area contributed by atoms with Crippen LogP contribution in [0.4, 0.5) is 0 Å². The van der Waals surface area contributed by atoms with Crippen molar-refractivity contribution < 1.29 is 9.59 Å². The smallest absolute Gasteiger partial charge is 0.243 e. The Balaban J connectivity index is 1.89. The highest BCUT2D eigenvalue weighted by Crippen LogP contribution is 2.25. The molecule has 1 N–H and O–H groups in total. The molecule has 0 heterocycles. The number of nitrogens with one attached hydrogen (secondary N) is 1. The fourth-order valence-electron chi connectivity index (χ4n) is 3.76. The molecule has 2 amide bonds. The molecule has 3 aromatic carbocycles. The number of hydrogen-bond donors (Lipinski definition) is 1. The van der Waals surface area contributed by atoms with Gasteiger partial charge in [0.15, 0.2) is 0 Å². The average Bonchev–Trinajstić information content (AvgIpc) is 2.83. The van der Waals surface area contributed by atoms with E-state index in [1.54, 1.807) is 28.8 Å². The molecule has 36 heavy (non-hydrogen) atoms. The summed E-state index contributed by atoms with van der Waals surface area (Å²) < 4.78 is 0. The van der Waals surface area contributed by atoms with Crippen molar-refractivity contribution in [3.05, 3.63) is 100 Å². The van der Waals surface area contributed by atoms with Crippen LogP contribution in [0.2, 0.25) is 10.0 Å². The first-order valence-electron chi connectivity index (χ1n) is 11.9. The van der Waals surface area contributed by atoms with E-state index in [0.717, 1.165) is 16.0 Å². The minimum atomic E-state index is -0.685. The maximum atomic E-state index is 13.7. The van der Waals surface area contributed by atoms with Crippen LogP contribution in [0, 0.1) is 0 Å². The number of hydrogen-bond acceptors (Lipinski definition) is 3. The quantitative estimate of drug-likeness (QED) is 0.279. The van der Waals surface area contributed by atoms with Gasteiger partial charge < -0.3 is 10.2 Å². The Hall–Kier alpha value is -2.47. The van der Waals surface area contributed by atoms with Crippen LogP contribution in [0.15, 0.2) is 83.8 Å². The van der Waals surface area contributed by atoms with Gasteiger partial charge in [-0.25, -0.2) is 0 Å². The second-order valence-corrected chi connectivity index (χ2v) is 11.6. The van der Waals surface area contributed by atoms with Crippen LogP contribution >= 0.6 is 35.0 Å². The molecule has 0 spiro atoms. The Morgan fingerprint density at radius 2 is 1.53 bits per heavy atom. The fourth-order valence-corrected chi connectivity index (χ4v) is 4.94. The fraction of sp³-hybridized carbons (Fsp3) is 0.310. The average molecular weight is 544 g/mol. The van der Waals surface area contributed by atoms with E-state index in [-0.39, 0.29) is 18.4 Å². The van der Waals surface area contributed by atoms with Gasteiger partial charge >= 0.3 is 0 Å². The van der Waals surface area contributed by atoms with Gasteiger partial charge in [0.1, 0.15) is 6.04 Å². The van der Waals surface area contributed by atoms with Gasteiger partial charge in [0.05, 0.1) is 10.0 Å². The lowest BCUT2D eigenvalue weighted by molar-refractivity contribution is -0.141. The van der Waals surface area contributed by atoms with E-state index in [9.17, 15) is 9.59 Å². The van der Waals surface area contributed by atoms with Gasteiger partial charge in [-0.05, 0) is 56.2 Å². The Morgan fingerprint density at radius 1 is 0.889 bits per heavy atom. The molecule has 0 fully saturated rings. The molecule has 3 aromatic rings. The van der Waals surface area contributed by atoms with E-state index in [0.29, 0.717) is 28.6 Å². The first-order valence-corrected chi connectivity index (χ1v) is 13.6. The monoisotopic (exact) mass is 542 g/mol. The second-order valence-electron chi connectivity index (χ2n) is 9.63. The summed E-state index contributed by atoms with van der Waals surface area (Å²) in [5.74, 6) is 0.338. The Kier molecular flexibility index (Phi) is 10.3. The van der Waals surface area contributed by atoms with Crippen molar-refractivity contribution in [3.8, 4) is 0 Å². The predicted octanol–water partition coefficient (Wildman–Crippen LogP) is 7.03. The lowest BCUT2D eigenvalue weighted by Gasteiger charge is -2.34. The number of benzene rings is 3. The van der Waals surface area contributed by atoms with Crippen LogP contribution in [0.1, 0.15) is 38.3 Å². The largest absolute Gasteiger partial charge is 0.350 e. The van der Waals surface area contributed by atoms with Gasteiger partial charge in [-0.3, -0.25) is 9.59 Å².